The largest absolute Gasteiger partial charge is 0.276 e. The first-order valence-electron chi connectivity index (χ1n) is 3.74. The predicted molar refractivity (Wildman–Crippen MR) is 50.3 cm³/mol. The van der Waals surface area contributed by atoms with Crippen molar-refractivity contribution >= 4 is 27.7 Å². The van der Waals surface area contributed by atoms with Crippen molar-refractivity contribution in [3.63, 3.8) is 0 Å². The Morgan fingerprint density at radius 1 is 1.29 bits per heavy atom. The van der Waals surface area contributed by atoms with Gasteiger partial charge in [0.2, 0.25) is 0 Å². The van der Waals surface area contributed by atoms with Crippen LogP contribution in [0.4, 0.5) is 0 Å². The van der Waals surface area contributed by atoms with Gasteiger partial charge in [0.05, 0.1) is 11.1 Å². The van der Waals surface area contributed by atoms with Gasteiger partial charge in [-0.15, -0.1) is 0 Å². The zero-order valence-corrected chi connectivity index (χ0v) is 8.41. The Kier molecular flexibility index (Phi) is 1.86. The summed E-state index contributed by atoms with van der Waals surface area (Å²) in [7, 11) is 0. The molecule has 14 heavy (non-hydrogen) atoms. The van der Waals surface area contributed by atoms with Crippen molar-refractivity contribution in [3.05, 3.63) is 33.8 Å². The number of amides is 2. The lowest BCUT2D eigenvalue weighted by molar-refractivity contribution is 0.0732. The normalized spacial score (nSPS) is 14.1. The summed E-state index contributed by atoms with van der Waals surface area (Å²) in [6.07, 6.45) is 1.55. The fourth-order valence-corrected chi connectivity index (χ4v) is 1.87. The summed E-state index contributed by atoms with van der Waals surface area (Å²) in [5.41, 5.74) is 0.532. The first kappa shape index (κ1) is 8.91. The lowest BCUT2D eigenvalue weighted by atomic mass is 10.1. The minimum absolute atomic E-state index is 0.263. The van der Waals surface area contributed by atoms with Gasteiger partial charge in [-0.2, -0.15) is 10.2 Å². The highest BCUT2D eigenvalue weighted by Crippen LogP contribution is 2.28. The highest BCUT2D eigenvalue weighted by atomic mass is 79.9. The summed E-state index contributed by atoms with van der Waals surface area (Å²) in [6, 6.07) is 4.83. The van der Waals surface area contributed by atoms with Crippen LogP contribution < -0.4 is 0 Å². The highest BCUT2D eigenvalue weighted by molar-refractivity contribution is 9.10. The maximum absolute atomic E-state index is 11.5. The standard InChI is InChI=1S/C9H3BrN2O2/c10-6-3-1-2-5-7(6)9(14)12(4-11)8(5)13/h1-3H. The molecular formula is C9H3BrN2O2. The summed E-state index contributed by atoms with van der Waals surface area (Å²) in [4.78, 5) is 23.5. The Morgan fingerprint density at radius 3 is 2.57 bits per heavy atom. The molecule has 1 heterocycles. The van der Waals surface area contributed by atoms with Crippen LogP contribution in [0.5, 0.6) is 0 Å². The fourth-order valence-electron chi connectivity index (χ4n) is 1.34. The molecule has 0 atom stereocenters. The maximum atomic E-state index is 11.5. The Balaban J connectivity index is 2.72. The summed E-state index contributed by atoms with van der Waals surface area (Å²) in [5.74, 6) is -1.13. The number of carbonyl (C=O) groups is 2. The predicted octanol–water partition coefficient (Wildman–Crippen LogP) is 1.53. The van der Waals surface area contributed by atoms with Gasteiger partial charge in [0.1, 0.15) is 0 Å². The van der Waals surface area contributed by atoms with Gasteiger partial charge in [-0.1, -0.05) is 6.07 Å². The summed E-state index contributed by atoms with van der Waals surface area (Å²) >= 11 is 3.16. The van der Waals surface area contributed by atoms with Crippen LogP contribution in [0, 0.1) is 11.5 Å². The van der Waals surface area contributed by atoms with E-state index in [1.54, 1.807) is 18.3 Å². The van der Waals surface area contributed by atoms with E-state index < -0.39 is 11.8 Å². The third kappa shape index (κ3) is 0.978. The van der Waals surface area contributed by atoms with Crippen LogP contribution >= 0.6 is 15.9 Å². The van der Waals surface area contributed by atoms with Crippen molar-refractivity contribution in [3.8, 4) is 6.19 Å². The Morgan fingerprint density at radius 2 is 2.00 bits per heavy atom. The van der Waals surface area contributed by atoms with Gasteiger partial charge in [-0.25, -0.2) is 0 Å². The molecule has 68 valence electrons. The molecule has 1 aliphatic heterocycles. The molecule has 2 rings (SSSR count). The average molecular weight is 251 g/mol. The molecule has 4 nitrogen and oxygen atoms in total. The molecule has 0 unspecified atom stereocenters. The van der Waals surface area contributed by atoms with E-state index in [2.05, 4.69) is 15.9 Å². The highest BCUT2D eigenvalue weighted by Gasteiger charge is 2.37. The lowest BCUT2D eigenvalue weighted by Gasteiger charge is -1.98. The monoisotopic (exact) mass is 250 g/mol. The molecule has 0 fully saturated rings. The minimum atomic E-state index is -0.569. The molecule has 1 aromatic rings. The van der Waals surface area contributed by atoms with Crippen molar-refractivity contribution < 1.29 is 9.59 Å². The number of halogens is 1. The van der Waals surface area contributed by atoms with Gasteiger partial charge in [0.25, 0.3) is 11.8 Å². The van der Waals surface area contributed by atoms with Crippen LogP contribution in [0.2, 0.25) is 0 Å². The van der Waals surface area contributed by atoms with Gasteiger partial charge < -0.3 is 0 Å². The third-order valence-electron chi connectivity index (χ3n) is 1.96. The van der Waals surface area contributed by atoms with Crippen LogP contribution in [-0.2, 0) is 0 Å². The van der Waals surface area contributed by atoms with Crippen molar-refractivity contribution in [2.24, 2.45) is 0 Å². The quantitative estimate of drug-likeness (QED) is 0.518. The van der Waals surface area contributed by atoms with Crippen molar-refractivity contribution in [1.29, 1.82) is 5.26 Å². The molecule has 0 radical (unpaired) electrons. The van der Waals surface area contributed by atoms with Crippen LogP contribution in [-0.4, -0.2) is 16.7 Å². The van der Waals surface area contributed by atoms with Gasteiger partial charge in [-0.3, -0.25) is 9.59 Å². The number of nitrogens with zero attached hydrogens (tertiary/aromatic N) is 2. The number of imide groups is 1. The molecule has 2 amide bonds. The van der Waals surface area contributed by atoms with Crippen molar-refractivity contribution in [1.82, 2.24) is 4.90 Å². The SMILES string of the molecule is N#CN1C(=O)c2cccc(Br)c2C1=O. The van der Waals surface area contributed by atoms with Crippen LogP contribution in [0.1, 0.15) is 20.7 Å². The number of hydrogen-bond donors (Lipinski definition) is 0. The summed E-state index contributed by atoms with van der Waals surface area (Å²) in [6.45, 7) is 0. The average Bonchev–Trinajstić information content (AvgIpc) is 2.41. The van der Waals surface area contributed by atoms with Crippen LogP contribution in [0.25, 0.3) is 0 Å². The molecular weight excluding hydrogens is 248 g/mol. The van der Waals surface area contributed by atoms with E-state index >= 15 is 0 Å². The zero-order chi connectivity index (χ0) is 10.3. The van der Waals surface area contributed by atoms with Crippen molar-refractivity contribution in [2.75, 3.05) is 0 Å². The first-order valence-corrected chi connectivity index (χ1v) is 4.53. The Hall–Kier alpha value is -1.67. The van der Waals surface area contributed by atoms with Crippen molar-refractivity contribution in [2.45, 2.75) is 0 Å². The van der Waals surface area contributed by atoms with E-state index in [1.807, 2.05) is 0 Å². The second-order valence-electron chi connectivity index (χ2n) is 2.71. The molecule has 0 saturated heterocycles. The van der Waals surface area contributed by atoms with E-state index in [9.17, 15) is 9.59 Å². The molecule has 0 aromatic heterocycles. The number of hydrogen-bond acceptors (Lipinski definition) is 3. The van der Waals surface area contributed by atoms with E-state index in [-0.39, 0.29) is 11.1 Å². The number of nitriles is 1. The van der Waals surface area contributed by atoms with E-state index in [4.69, 9.17) is 5.26 Å². The second-order valence-corrected chi connectivity index (χ2v) is 3.56. The van der Waals surface area contributed by atoms with E-state index in [0.717, 1.165) is 0 Å². The molecule has 0 N–H and O–H groups in total. The van der Waals surface area contributed by atoms with Crippen LogP contribution in [0.3, 0.4) is 0 Å². The van der Waals surface area contributed by atoms with E-state index in [0.29, 0.717) is 9.37 Å². The van der Waals surface area contributed by atoms with Gasteiger partial charge in [-0.05, 0) is 28.1 Å². The molecule has 0 saturated carbocycles. The Labute approximate surface area is 87.9 Å². The van der Waals surface area contributed by atoms with Crippen LogP contribution in [0.15, 0.2) is 22.7 Å². The molecule has 1 aliphatic rings. The van der Waals surface area contributed by atoms with Gasteiger partial charge in [0, 0.05) is 4.47 Å². The van der Waals surface area contributed by atoms with E-state index in [1.165, 1.54) is 6.07 Å². The van der Waals surface area contributed by atoms with Gasteiger partial charge >= 0.3 is 0 Å². The zero-order valence-electron chi connectivity index (χ0n) is 6.82. The minimum Gasteiger partial charge on any atom is -0.267 e. The smallest absolute Gasteiger partial charge is 0.267 e. The third-order valence-corrected chi connectivity index (χ3v) is 2.62. The topological polar surface area (TPSA) is 61.2 Å². The first-order chi connectivity index (χ1) is 6.66. The molecule has 0 spiro atoms. The Bertz CT molecular complexity index is 490. The second kappa shape index (κ2) is 2.93. The number of benzene rings is 1. The molecule has 0 aliphatic carbocycles. The number of rotatable bonds is 0. The molecule has 0 bridgehead atoms. The summed E-state index contributed by atoms with van der Waals surface area (Å²) in [5, 5.41) is 8.59. The molecule has 1 aromatic carbocycles. The number of fused-ring (bicyclic) bond motifs is 1. The number of carbonyl (C=O) groups excluding carboxylic acids is 2. The van der Waals surface area contributed by atoms with Gasteiger partial charge in [0.15, 0.2) is 6.19 Å². The lowest BCUT2D eigenvalue weighted by Crippen LogP contribution is -2.23. The maximum Gasteiger partial charge on any atom is 0.276 e. The molecule has 5 heteroatoms. The summed E-state index contributed by atoms with van der Waals surface area (Å²) < 4.78 is 0.533. The fraction of sp³-hybridized carbons (Fsp3) is 0.